The summed E-state index contributed by atoms with van der Waals surface area (Å²) >= 11 is 0. The van der Waals surface area contributed by atoms with E-state index in [-0.39, 0.29) is 6.03 Å². The van der Waals surface area contributed by atoms with Crippen molar-refractivity contribution in [3.63, 3.8) is 0 Å². The smallest absolute Gasteiger partial charge is 0.317 e. The Morgan fingerprint density at radius 3 is 2.67 bits per heavy atom. The minimum atomic E-state index is -0.801. The zero-order valence-corrected chi connectivity index (χ0v) is 12.8. The largest absolute Gasteiger partial charge is 0.481 e. The number of rotatable bonds is 6. The van der Waals surface area contributed by atoms with Crippen LogP contribution in [0, 0.1) is 5.41 Å². The number of nitrogens with one attached hydrogen (secondary N) is 1. The van der Waals surface area contributed by atoms with Crippen molar-refractivity contribution in [2.45, 2.75) is 51.6 Å². The van der Waals surface area contributed by atoms with Crippen molar-refractivity contribution in [1.29, 1.82) is 0 Å². The highest BCUT2D eigenvalue weighted by atomic mass is 16.5. The summed E-state index contributed by atoms with van der Waals surface area (Å²) < 4.78 is 5.69. The maximum Gasteiger partial charge on any atom is 0.317 e. The van der Waals surface area contributed by atoms with Crippen LogP contribution >= 0.6 is 0 Å². The van der Waals surface area contributed by atoms with Gasteiger partial charge in [-0.3, -0.25) is 4.79 Å². The normalized spacial score (nSPS) is 26.2. The summed E-state index contributed by atoms with van der Waals surface area (Å²) in [6, 6.07) is -0.179. The Morgan fingerprint density at radius 2 is 2.10 bits per heavy atom. The number of carbonyl (C=O) groups excluding carboxylic acids is 1. The molecule has 2 rings (SSSR count). The molecule has 0 aromatic heterocycles. The molecule has 2 N–H and O–H groups in total. The SMILES string of the molecule is CCC1(C(=O)O)CCN(C(=O)NCCOC2CCCC2)C1. The van der Waals surface area contributed by atoms with Crippen LogP contribution < -0.4 is 5.32 Å². The quantitative estimate of drug-likeness (QED) is 0.733. The van der Waals surface area contributed by atoms with Gasteiger partial charge >= 0.3 is 12.0 Å². The lowest BCUT2D eigenvalue weighted by atomic mass is 9.84. The third-order valence-corrected chi connectivity index (χ3v) is 4.81. The van der Waals surface area contributed by atoms with Crippen LogP contribution in [0.5, 0.6) is 0 Å². The molecule has 1 atom stereocenters. The summed E-state index contributed by atoms with van der Waals surface area (Å²) in [5.74, 6) is -0.801. The Kier molecular flexibility index (Phi) is 5.45. The van der Waals surface area contributed by atoms with E-state index >= 15 is 0 Å². The Balaban J connectivity index is 1.68. The molecule has 0 radical (unpaired) electrons. The topological polar surface area (TPSA) is 78.9 Å². The number of carbonyl (C=O) groups is 2. The summed E-state index contributed by atoms with van der Waals surface area (Å²) in [7, 11) is 0. The highest BCUT2D eigenvalue weighted by molar-refractivity contribution is 5.79. The van der Waals surface area contributed by atoms with Crippen molar-refractivity contribution in [1.82, 2.24) is 10.2 Å². The standard InChI is InChI=1S/C15H26N2O4/c1-2-15(13(18)19)7-9-17(11-15)14(20)16-8-10-21-12-5-3-4-6-12/h12H,2-11H2,1H3,(H,16,20)(H,18,19). The van der Waals surface area contributed by atoms with Crippen molar-refractivity contribution in [2.75, 3.05) is 26.2 Å². The highest BCUT2D eigenvalue weighted by Gasteiger charge is 2.44. The maximum absolute atomic E-state index is 12.0. The van der Waals surface area contributed by atoms with E-state index in [4.69, 9.17) is 4.74 Å². The molecule has 6 heteroatoms. The molecule has 0 spiro atoms. The Hall–Kier alpha value is -1.30. The van der Waals surface area contributed by atoms with Gasteiger partial charge in [-0.15, -0.1) is 0 Å². The lowest BCUT2D eigenvalue weighted by Gasteiger charge is -2.23. The molecule has 6 nitrogen and oxygen atoms in total. The first-order valence-electron chi connectivity index (χ1n) is 7.95. The van der Waals surface area contributed by atoms with Gasteiger partial charge in [0.1, 0.15) is 0 Å². The van der Waals surface area contributed by atoms with Crippen LogP contribution in [0.2, 0.25) is 0 Å². The molecule has 2 amide bonds. The molecule has 0 bridgehead atoms. The molecule has 2 aliphatic rings. The number of aliphatic carboxylic acids is 1. The molecule has 1 saturated heterocycles. The molecule has 1 aliphatic carbocycles. The first-order chi connectivity index (χ1) is 10.1. The lowest BCUT2D eigenvalue weighted by molar-refractivity contribution is -0.148. The van der Waals surface area contributed by atoms with Gasteiger partial charge in [0.15, 0.2) is 0 Å². The van der Waals surface area contributed by atoms with E-state index in [9.17, 15) is 14.7 Å². The molecular formula is C15H26N2O4. The molecule has 2 fully saturated rings. The van der Waals surface area contributed by atoms with E-state index in [2.05, 4.69) is 5.32 Å². The Morgan fingerprint density at radius 1 is 1.38 bits per heavy atom. The van der Waals surface area contributed by atoms with Crippen LogP contribution in [-0.4, -0.2) is 54.4 Å². The molecule has 21 heavy (non-hydrogen) atoms. The third-order valence-electron chi connectivity index (χ3n) is 4.81. The van der Waals surface area contributed by atoms with Crippen LogP contribution in [0.4, 0.5) is 4.79 Å². The molecular weight excluding hydrogens is 272 g/mol. The summed E-state index contributed by atoms with van der Waals surface area (Å²) in [4.78, 5) is 25.0. The Labute approximate surface area is 125 Å². The lowest BCUT2D eigenvalue weighted by Crippen LogP contribution is -2.42. The van der Waals surface area contributed by atoms with Gasteiger partial charge in [-0.1, -0.05) is 19.8 Å². The number of carboxylic acid groups (broad SMARTS) is 1. The molecule has 1 heterocycles. The second-order valence-corrected chi connectivity index (χ2v) is 6.12. The second kappa shape index (κ2) is 7.11. The van der Waals surface area contributed by atoms with Crippen molar-refractivity contribution >= 4 is 12.0 Å². The van der Waals surface area contributed by atoms with Crippen LogP contribution in [0.15, 0.2) is 0 Å². The van der Waals surface area contributed by atoms with E-state index in [1.165, 1.54) is 12.8 Å². The second-order valence-electron chi connectivity index (χ2n) is 6.12. The van der Waals surface area contributed by atoms with Gasteiger partial charge in [0.05, 0.1) is 18.1 Å². The first kappa shape index (κ1) is 16.1. The van der Waals surface area contributed by atoms with E-state index in [1.54, 1.807) is 4.90 Å². The molecule has 0 aromatic rings. The average molecular weight is 298 g/mol. The van der Waals surface area contributed by atoms with Gasteiger partial charge in [-0.25, -0.2) is 4.79 Å². The molecule has 1 saturated carbocycles. The number of hydrogen-bond donors (Lipinski definition) is 2. The molecule has 1 aliphatic heterocycles. The number of hydrogen-bond acceptors (Lipinski definition) is 3. The minimum Gasteiger partial charge on any atom is -0.481 e. The van der Waals surface area contributed by atoms with Crippen LogP contribution in [0.1, 0.15) is 45.4 Å². The number of carboxylic acids is 1. The van der Waals surface area contributed by atoms with E-state index < -0.39 is 11.4 Å². The summed E-state index contributed by atoms with van der Waals surface area (Å²) in [5.41, 5.74) is -0.766. The number of urea groups is 1. The predicted molar refractivity (Wildman–Crippen MR) is 78.2 cm³/mol. The summed E-state index contributed by atoms with van der Waals surface area (Å²) in [6.07, 6.45) is 6.16. The first-order valence-corrected chi connectivity index (χ1v) is 7.95. The minimum absolute atomic E-state index is 0.179. The molecule has 0 aromatic carbocycles. The van der Waals surface area contributed by atoms with Crippen LogP contribution in [0.3, 0.4) is 0 Å². The van der Waals surface area contributed by atoms with E-state index in [1.807, 2.05) is 6.92 Å². The van der Waals surface area contributed by atoms with Crippen molar-refractivity contribution in [3.05, 3.63) is 0 Å². The fourth-order valence-electron chi connectivity index (χ4n) is 3.21. The van der Waals surface area contributed by atoms with Crippen molar-refractivity contribution < 1.29 is 19.4 Å². The summed E-state index contributed by atoms with van der Waals surface area (Å²) in [5, 5.41) is 12.1. The fourth-order valence-corrected chi connectivity index (χ4v) is 3.21. The van der Waals surface area contributed by atoms with Gasteiger partial charge in [0.2, 0.25) is 0 Å². The highest BCUT2D eigenvalue weighted by Crippen LogP contribution is 2.34. The number of amides is 2. The van der Waals surface area contributed by atoms with Crippen molar-refractivity contribution in [3.8, 4) is 0 Å². The van der Waals surface area contributed by atoms with E-state index in [0.717, 1.165) is 12.8 Å². The number of ether oxygens (including phenoxy) is 1. The van der Waals surface area contributed by atoms with Crippen LogP contribution in [-0.2, 0) is 9.53 Å². The fraction of sp³-hybridized carbons (Fsp3) is 0.867. The van der Waals surface area contributed by atoms with Gasteiger partial charge in [0, 0.05) is 19.6 Å². The van der Waals surface area contributed by atoms with Crippen molar-refractivity contribution in [2.24, 2.45) is 5.41 Å². The molecule has 120 valence electrons. The Bertz CT molecular complexity index is 382. The number of nitrogens with zero attached hydrogens (tertiary/aromatic N) is 1. The van der Waals surface area contributed by atoms with Gasteiger partial charge < -0.3 is 20.1 Å². The predicted octanol–water partition coefficient (Wildman–Crippen LogP) is 1.84. The monoisotopic (exact) mass is 298 g/mol. The number of likely N-dealkylation sites (tertiary alicyclic amines) is 1. The van der Waals surface area contributed by atoms with Crippen LogP contribution in [0.25, 0.3) is 0 Å². The van der Waals surface area contributed by atoms with Gasteiger partial charge in [0.25, 0.3) is 0 Å². The van der Waals surface area contributed by atoms with E-state index in [0.29, 0.717) is 45.2 Å². The van der Waals surface area contributed by atoms with Gasteiger partial charge in [-0.2, -0.15) is 0 Å². The summed E-state index contributed by atoms with van der Waals surface area (Å²) in [6.45, 7) is 3.69. The third kappa shape index (κ3) is 3.87. The maximum atomic E-state index is 12.0. The zero-order valence-electron chi connectivity index (χ0n) is 12.8. The van der Waals surface area contributed by atoms with Gasteiger partial charge in [-0.05, 0) is 25.7 Å². The average Bonchev–Trinajstić information content (AvgIpc) is 3.13. The zero-order chi connectivity index (χ0) is 15.3. The molecule has 1 unspecified atom stereocenters.